The summed E-state index contributed by atoms with van der Waals surface area (Å²) >= 11 is 1.68. The van der Waals surface area contributed by atoms with Crippen molar-refractivity contribution in [2.45, 2.75) is 20.0 Å². The normalized spacial score (nSPS) is 10.8. The molecular formula is C18H23FN2O2S. The van der Waals surface area contributed by atoms with Gasteiger partial charge in [-0.25, -0.2) is 4.39 Å². The van der Waals surface area contributed by atoms with Crippen molar-refractivity contribution in [1.29, 1.82) is 0 Å². The van der Waals surface area contributed by atoms with E-state index in [0.29, 0.717) is 26.2 Å². The van der Waals surface area contributed by atoms with Gasteiger partial charge in [-0.05, 0) is 36.8 Å². The van der Waals surface area contributed by atoms with E-state index in [1.54, 1.807) is 35.5 Å². The Balaban J connectivity index is 2.02. The molecule has 0 fully saturated rings. The molecule has 24 heavy (non-hydrogen) atoms. The van der Waals surface area contributed by atoms with E-state index in [0.717, 1.165) is 10.4 Å². The highest BCUT2D eigenvalue weighted by Crippen LogP contribution is 2.18. The molecule has 1 aromatic heterocycles. The summed E-state index contributed by atoms with van der Waals surface area (Å²) in [6, 6.07) is 10.4. The van der Waals surface area contributed by atoms with E-state index in [1.807, 2.05) is 13.0 Å². The first-order chi connectivity index (χ1) is 11.6. The maximum absolute atomic E-state index is 13.1. The second-order valence-electron chi connectivity index (χ2n) is 5.56. The number of aryl methyl sites for hydroxylation is 1. The van der Waals surface area contributed by atoms with Crippen LogP contribution in [0.5, 0.6) is 0 Å². The molecule has 1 N–H and O–H groups in total. The van der Waals surface area contributed by atoms with Gasteiger partial charge < -0.3 is 15.0 Å². The zero-order chi connectivity index (χ0) is 17.4. The van der Waals surface area contributed by atoms with Crippen molar-refractivity contribution >= 4 is 17.2 Å². The van der Waals surface area contributed by atoms with Crippen LogP contribution in [-0.4, -0.2) is 37.6 Å². The molecular weight excluding hydrogens is 327 g/mol. The number of benzene rings is 1. The number of amides is 1. The number of rotatable bonds is 9. The highest BCUT2D eigenvalue weighted by molar-refractivity contribution is 7.11. The predicted molar refractivity (Wildman–Crippen MR) is 94.5 cm³/mol. The van der Waals surface area contributed by atoms with Gasteiger partial charge in [0.05, 0.1) is 19.7 Å². The fourth-order valence-electron chi connectivity index (χ4n) is 2.28. The second kappa shape index (κ2) is 9.52. The molecule has 2 aromatic rings. The average Bonchev–Trinajstić information content (AvgIpc) is 2.98. The highest BCUT2D eigenvalue weighted by atomic mass is 32.1. The van der Waals surface area contributed by atoms with E-state index < -0.39 is 0 Å². The van der Waals surface area contributed by atoms with Gasteiger partial charge >= 0.3 is 0 Å². The Morgan fingerprint density at radius 2 is 1.96 bits per heavy atom. The standard InChI is InChI=1S/C18H23FN2O2S/c1-14-3-8-17(24-14)13-21(18(22)11-20-9-10-23-2)12-15-4-6-16(19)7-5-15/h3-8,20H,9-13H2,1-2H3. The molecule has 0 saturated heterocycles. The van der Waals surface area contributed by atoms with Crippen molar-refractivity contribution in [1.82, 2.24) is 10.2 Å². The molecule has 0 aliphatic carbocycles. The molecule has 0 aliphatic heterocycles. The summed E-state index contributed by atoms with van der Waals surface area (Å²) in [7, 11) is 1.63. The summed E-state index contributed by atoms with van der Waals surface area (Å²) in [6.07, 6.45) is 0. The minimum Gasteiger partial charge on any atom is -0.383 e. The maximum atomic E-state index is 13.1. The van der Waals surface area contributed by atoms with E-state index in [2.05, 4.69) is 11.4 Å². The minimum absolute atomic E-state index is 0.0153. The number of halogens is 1. The number of nitrogens with zero attached hydrogens (tertiary/aromatic N) is 1. The van der Waals surface area contributed by atoms with Crippen molar-refractivity contribution in [3.63, 3.8) is 0 Å². The quantitative estimate of drug-likeness (QED) is 0.707. The van der Waals surface area contributed by atoms with Gasteiger partial charge in [0.2, 0.25) is 5.91 Å². The van der Waals surface area contributed by atoms with Crippen LogP contribution in [-0.2, 0) is 22.6 Å². The molecule has 0 bridgehead atoms. The SMILES string of the molecule is COCCNCC(=O)N(Cc1ccc(F)cc1)Cc1ccc(C)s1. The number of ether oxygens (including phenoxy) is 1. The third-order valence-electron chi connectivity index (χ3n) is 3.54. The van der Waals surface area contributed by atoms with Crippen LogP contribution in [0, 0.1) is 12.7 Å². The third kappa shape index (κ3) is 6.03. The summed E-state index contributed by atoms with van der Waals surface area (Å²) in [5, 5.41) is 3.08. The van der Waals surface area contributed by atoms with Crippen molar-refractivity contribution in [2.24, 2.45) is 0 Å². The average molecular weight is 350 g/mol. The van der Waals surface area contributed by atoms with Gasteiger partial charge in [-0.1, -0.05) is 12.1 Å². The van der Waals surface area contributed by atoms with Crippen LogP contribution < -0.4 is 5.32 Å². The lowest BCUT2D eigenvalue weighted by molar-refractivity contribution is -0.131. The Kier molecular flexibility index (Phi) is 7.36. The molecule has 0 unspecified atom stereocenters. The molecule has 1 heterocycles. The summed E-state index contributed by atoms with van der Waals surface area (Å²) in [5.41, 5.74) is 0.912. The lowest BCUT2D eigenvalue weighted by atomic mass is 10.2. The zero-order valence-electron chi connectivity index (χ0n) is 14.0. The molecule has 4 nitrogen and oxygen atoms in total. The third-order valence-corrected chi connectivity index (χ3v) is 4.53. The number of nitrogens with one attached hydrogen (secondary N) is 1. The molecule has 0 aliphatic rings. The molecule has 6 heteroatoms. The highest BCUT2D eigenvalue weighted by Gasteiger charge is 2.15. The molecule has 0 saturated carbocycles. The van der Waals surface area contributed by atoms with Crippen molar-refractivity contribution in [2.75, 3.05) is 26.8 Å². The van der Waals surface area contributed by atoms with Gasteiger partial charge in [0.1, 0.15) is 5.82 Å². The van der Waals surface area contributed by atoms with Crippen LogP contribution in [0.15, 0.2) is 36.4 Å². The van der Waals surface area contributed by atoms with Crippen LogP contribution in [0.25, 0.3) is 0 Å². The fraction of sp³-hybridized carbons (Fsp3) is 0.389. The largest absolute Gasteiger partial charge is 0.383 e. The lowest BCUT2D eigenvalue weighted by Crippen LogP contribution is -2.38. The monoisotopic (exact) mass is 350 g/mol. The predicted octanol–water partition coefficient (Wildman–Crippen LogP) is 2.96. The minimum atomic E-state index is -0.272. The Morgan fingerprint density at radius 3 is 2.58 bits per heavy atom. The Morgan fingerprint density at radius 1 is 1.21 bits per heavy atom. The first kappa shape index (κ1) is 18.6. The molecule has 0 spiro atoms. The summed E-state index contributed by atoms with van der Waals surface area (Å²) in [4.78, 5) is 16.7. The number of carbonyl (C=O) groups excluding carboxylic acids is 1. The fourth-order valence-corrected chi connectivity index (χ4v) is 3.19. The molecule has 1 aromatic carbocycles. The van der Waals surface area contributed by atoms with Crippen LogP contribution in [0.4, 0.5) is 4.39 Å². The Bertz CT molecular complexity index is 643. The molecule has 0 radical (unpaired) electrons. The van der Waals surface area contributed by atoms with Crippen molar-refractivity contribution < 1.29 is 13.9 Å². The van der Waals surface area contributed by atoms with Crippen molar-refractivity contribution in [3.05, 3.63) is 57.5 Å². The Hall–Kier alpha value is -1.76. The van der Waals surface area contributed by atoms with Gasteiger partial charge in [-0.3, -0.25) is 4.79 Å². The summed E-state index contributed by atoms with van der Waals surface area (Å²) in [5.74, 6) is -0.256. The molecule has 2 rings (SSSR count). The molecule has 0 atom stereocenters. The first-order valence-electron chi connectivity index (χ1n) is 7.85. The van der Waals surface area contributed by atoms with E-state index >= 15 is 0 Å². The number of hydrogen-bond donors (Lipinski definition) is 1. The maximum Gasteiger partial charge on any atom is 0.237 e. The summed E-state index contributed by atoms with van der Waals surface area (Å²) in [6.45, 7) is 4.52. The summed E-state index contributed by atoms with van der Waals surface area (Å²) < 4.78 is 18.0. The van der Waals surface area contributed by atoms with Crippen LogP contribution in [0.2, 0.25) is 0 Å². The Labute approximate surface area is 146 Å². The smallest absolute Gasteiger partial charge is 0.237 e. The van der Waals surface area contributed by atoms with E-state index in [1.165, 1.54) is 17.0 Å². The zero-order valence-corrected chi connectivity index (χ0v) is 14.9. The number of thiophene rings is 1. The van der Waals surface area contributed by atoms with Crippen LogP contribution >= 0.6 is 11.3 Å². The first-order valence-corrected chi connectivity index (χ1v) is 8.67. The van der Waals surface area contributed by atoms with Gasteiger partial charge in [-0.15, -0.1) is 11.3 Å². The van der Waals surface area contributed by atoms with E-state index in [-0.39, 0.29) is 18.3 Å². The van der Waals surface area contributed by atoms with Gasteiger partial charge in [0.25, 0.3) is 0 Å². The van der Waals surface area contributed by atoms with E-state index in [9.17, 15) is 9.18 Å². The number of hydrogen-bond acceptors (Lipinski definition) is 4. The van der Waals surface area contributed by atoms with Crippen LogP contribution in [0.3, 0.4) is 0 Å². The lowest BCUT2D eigenvalue weighted by Gasteiger charge is -2.22. The van der Waals surface area contributed by atoms with Gasteiger partial charge in [0, 0.05) is 30.0 Å². The molecule has 130 valence electrons. The van der Waals surface area contributed by atoms with Crippen LogP contribution in [0.1, 0.15) is 15.3 Å². The second-order valence-corrected chi connectivity index (χ2v) is 6.93. The number of methoxy groups -OCH3 is 1. The van der Waals surface area contributed by atoms with Gasteiger partial charge in [-0.2, -0.15) is 0 Å². The van der Waals surface area contributed by atoms with Gasteiger partial charge in [0.15, 0.2) is 0 Å². The van der Waals surface area contributed by atoms with Crippen molar-refractivity contribution in [3.8, 4) is 0 Å². The number of carbonyl (C=O) groups is 1. The molecule has 1 amide bonds. The topological polar surface area (TPSA) is 41.6 Å². The van der Waals surface area contributed by atoms with E-state index in [4.69, 9.17) is 4.74 Å².